The van der Waals surface area contributed by atoms with Crippen molar-refractivity contribution in [1.82, 2.24) is 5.32 Å². The molecule has 1 fully saturated rings. The first-order valence-corrected chi connectivity index (χ1v) is 6.42. The van der Waals surface area contributed by atoms with Gasteiger partial charge >= 0.3 is 5.97 Å². The van der Waals surface area contributed by atoms with Crippen LogP contribution in [-0.2, 0) is 9.59 Å². The molecule has 0 heterocycles. The van der Waals surface area contributed by atoms with Crippen molar-refractivity contribution in [3.63, 3.8) is 0 Å². The van der Waals surface area contributed by atoms with Crippen LogP contribution < -0.4 is 5.32 Å². The van der Waals surface area contributed by atoms with Crippen molar-refractivity contribution in [1.29, 1.82) is 0 Å². The van der Waals surface area contributed by atoms with Gasteiger partial charge in [-0.15, -0.1) is 0 Å². The maximum atomic E-state index is 10.7. The summed E-state index contributed by atoms with van der Waals surface area (Å²) in [6.45, 7) is 0. The maximum Gasteiger partial charge on any atom is 0.327 e. The molecule has 1 amide bonds. The highest BCUT2D eigenvalue weighted by atomic mass is 32.2. The first-order valence-electron chi connectivity index (χ1n) is 5.37. The molecule has 6 heteroatoms. The molecule has 1 aliphatic rings. The number of nitrogens with one attached hydrogen (secondary N) is 1. The molecular weight excluding hydrogens is 230 g/mol. The van der Waals surface area contributed by atoms with Crippen LogP contribution in [0.25, 0.3) is 0 Å². The summed E-state index contributed by atoms with van der Waals surface area (Å²) in [6.07, 6.45) is 3.87. The normalized spacial score (nSPS) is 27.1. The number of aliphatic carboxylic acids is 1. The number of aliphatic hydroxyl groups excluding tert-OH is 1. The van der Waals surface area contributed by atoms with E-state index < -0.39 is 12.0 Å². The second kappa shape index (κ2) is 6.75. The number of aliphatic hydroxyl groups is 1. The minimum atomic E-state index is -1.04. The van der Waals surface area contributed by atoms with Crippen LogP contribution in [0.4, 0.5) is 0 Å². The molecule has 0 aliphatic heterocycles. The molecule has 0 bridgehead atoms. The number of carboxylic acid groups (broad SMARTS) is 1. The van der Waals surface area contributed by atoms with Crippen molar-refractivity contribution in [2.45, 2.75) is 43.1 Å². The van der Waals surface area contributed by atoms with Gasteiger partial charge < -0.3 is 15.5 Å². The Labute approximate surface area is 98.6 Å². The van der Waals surface area contributed by atoms with Crippen LogP contribution in [0.5, 0.6) is 0 Å². The van der Waals surface area contributed by atoms with Gasteiger partial charge in [-0.3, -0.25) is 4.79 Å². The zero-order valence-electron chi connectivity index (χ0n) is 8.96. The predicted molar refractivity (Wildman–Crippen MR) is 61.3 cm³/mol. The van der Waals surface area contributed by atoms with E-state index in [-0.39, 0.29) is 11.4 Å². The minimum Gasteiger partial charge on any atom is -0.480 e. The van der Waals surface area contributed by atoms with Gasteiger partial charge in [0.05, 0.1) is 6.10 Å². The zero-order valence-corrected chi connectivity index (χ0v) is 9.78. The number of hydrogen-bond acceptors (Lipinski definition) is 4. The van der Waals surface area contributed by atoms with Gasteiger partial charge in [0, 0.05) is 11.0 Å². The molecular formula is C10H17NO4S. The van der Waals surface area contributed by atoms with Crippen LogP contribution in [0.1, 0.15) is 25.7 Å². The molecule has 0 spiro atoms. The topological polar surface area (TPSA) is 86.6 Å². The second-order valence-corrected chi connectivity index (χ2v) is 5.17. The third-order valence-electron chi connectivity index (χ3n) is 2.71. The summed E-state index contributed by atoms with van der Waals surface area (Å²) < 4.78 is 0. The Balaban J connectivity index is 2.35. The molecule has 16 heavy (non-hydrogen) atoms. The Kier molecular flexibility index (Phi) is 5.62. The quantitative estimate of drug-likeness (QED) is 0.585. The van der Waals surface area contributed by atoms with E-state index in [1.807, 2.05) is 0 Å². The fourth-order valence-electron chi connectivity index (χ4n) is 1.76. The SMILES string of the molecule is O=CNC(CSC1CCCCC1O)C(=O)O. The number of amides is 1. The molecule has 0 aromatic heterocycles. The fourth-order valence-corrected chi connectivity index (χ4v) is 3.13. The monoisotopic (exact) mass is 247 g/mol. The third kappa shape index (κ3) is 4.02. The van der Waals surface area contributed by atoms with Gasteiger partial charge in [-0.25, -0.2) is 4.79 Å². The summed E-state index contributed by atoms with van der Waals surface area (Å²) >= 11 is 1.43. The van der Waals surface area contributed by atoms with Crippen LogP contribution in [0, 0.1) is 0 Å². The Hall–Kier alpha value is -0.750. The van der Waals surface area contributed by atoms with E-state index in [0.29, 0.717) is 12.2 Å². The highest BCUT2D eigenvalue weighted by Gasteiger charge is 2.26. The number of rotatable bonds is 6. The van der Waals surface area contributed by atoms with Crippen molar-refractivity contribution in [2.75, 3.05) is 5.75 Å². The van der Waals surface area contributed by atoms with Gasteiger partial charge in [-0.1, -0.05) is 12.8 Å². The summed E-state index contributed by atoms with van der Waals surface area (Å²) in [5.41, 5.74) is 0. The highest BCUT2D eigenvalue weighted by Crippen LogP contribution is 2.29. The largest absolute Gasteiger partial charge is 0.480 e. The van der Waals surface area contributed by atoms with Crippen LogP contribution in [0.15, 0.2) is 0 Å². The average Bonchev–Trinajstić information content (AvgIpc) is 2.26. The molecule has 5 nitrogen and oxygen atoms in total. The van der Waals surface area contributed by atoms with Crippen molar-refractivity contribution >= 4 is 24.1 Å². The molecule has 0 aromatic rings. The number of hydrogen-bond donors (Lipinski definition) is 3. The van der Waals surface area contributed by atoms with Crippen molar-refractivity contribution in [3.05, 3.63) is 0 Å². The van der Waals surface area contributed by atoms with E-state index in [0.717, 1.165) is 25.7 Å². The highest BCUT2D eigenvalue weighted by molar-refractivity contribution is 8.00. The molecule has 1 rings (SSSR count). The van der Waals surface area contributed by atoms with Crippen molar-refractivity contribution < 1.29 is 19.8 Å². The first-order chi connectivity index (χ1) is 7.65. The minimum absolute atomic E-state index is 0.101. The molecule has 3 unspecified atom stereocenters. The smallest absolute Gasteiger partial charge is 0.327 e. The molecule has 0 radical (unpaired) electrons. The lowest BCUT2D eigenvalue weighted by molar-refractivity contribution is -0.139. The Bertz CT molecular complexity index is 249. The van der Waals surface area contributed by atoms with Gasteiger partial charge in [0.25, 0.3) is 0 Å². The summed E-state index contributed by atoms with van der Waals surface area (Å²) in [7, 11) is 0. The van der Waals surface area contributed by atoms with Gasteiger partial charge in [0.1, 0.15) is 6.04 Å². The van der Waals surface area contributed by atoms with Crippen LogP contribution in [0.3, 0.4) is 0 Å². The molecule has 0 aromatic carbocycles. The number of thioether (sulfide) groups is 1. The summed E-state index contributed by atoms with van der Waals surface area (Å²) in [4.78, 5) is 20.9. The van der Waals surface area contributed by atoms with Gasteiger partial charge in [0.2, 0.25) is 6.41 Å². The molecule has 92 valence electrons. The van der Waals surface area contributed by atoms with E-state index in [1.54, 1.807) is 0 Å². The fraction of sp³-hybridized carbons (Fsp3) is 0.800. The van der Waals surface area contributed by atoms with E-state index in [1.165, 1.54) is 11.8 Å². The molecule has 1 saturated carbocycles. The molecule has 3 atom stereocenters. The first kappa shape index (κ1) is 13.3. The molecule has 1 aliphatic carbocycles. The van der Waals surface area contributed by atoms with E-state index >= 15 is 0 Å². The Morgan fingerprint density at radius 2 is 2.19 bits per heavy atom. The van der Waals surface area contributed by atoms with Gasteiger partial charge in [0.15, 0.2) is 0 Å². The van der Waals surface area contributed by atoms with Gasteiger partial charge in [-0.05, 0) is 12.8 Å². The lowest BCUT2D eigenvalue weighted by Crippen LogP contribution is -2.39. The number of carboxylic acids is 1. The zero-order chi connectivity index (χ0) is 12.0. The van der Waals surface area contributed by atoms with Crippen LogP contribution in [0.2, 0.25) is 0 Å². The van der Waals surface area contributed by atoms with Crippen LogP contribution >= 0.6 is 11.8 Å². The van der Waals surface area contributed by atoms with Crippen LogP contribution in [-0.4, -0.2) is 45.7 Å². The standard InChI is InChI=1S/C10H17NO4S/c12-6-11-7(10(14)15)5-16-9-4-2-1-3-8(9)13/h6-9,13H,1-5H2,(H,11,12)(H,14,15). The second-order valence-electron chi connectivity index (χ2n) is 3.90. The van der Waals surface area contributed by atoms with Crippen molar-refractivity contribution in [2.24, 2.45) is 0 Å². The van der Waals surface area contributed by atoms with E-state index in [9.17, 15) is 14.7 Å². The third-order valence-corrected chi connectivity index (χ3v) is 4.22. The summed E-state index contributed by atoms with van der Waals surface area (Å²) in [5.74, 6) is -0.736. The Morgan fingerprint density at radius 3 is 2.75 bits per heavy atom. The average molecular weight is 247 g/mol. The van der Waals surface area contributed by atoms with Crippen molar-refractivity contribution in [3.8, 4) is 0 Å². The maximum absolute atomic E-state index is 10.7. The number of carbonyl (C=O) groups excluding carboxylic acids is 1. The Morgan fingerprint density at radius 1 is 1.50 bits per heavy atom. The lowest BCUT2D eigenvalue weighted by atomic mass is 9.97. The van der Waals surface area contributed by atoms with E-state index in [4.69, 9.17) is 5.11 Å². The molecule has 3 N–H and O–H groups in total. The van der Waals surface area contributed by atoms with E-state index in [2.05, 4.69) is 5.32 Å². The summed E-state index contributed by atoms with van der Waals surface area (Å²) in [5, 5.41) is 20.8. The predicted octanol–water partition coefficient (Wildman–Crippen LogP) is 0.222. The lowest BCUT2D eigenvalue weighted by Gasteiger charge is -2.27. The summed E-state index contributed by atoms with van der Waals surface area (Å²) in [6, 6.07) is -0.864. The number of carbonyl (C=O) groups is 2. The van der Waals surface area contributed by atoms with Gasteiger partial charge in [-0.2, -0.15) is 11.8 Å². The molecule has 0 saturated heterocycles.